The van der Waals surface area contributed by atoms with E-state index in [2.05, 4.69) is 9.84 Å². The quantitative estimate of drug-likeness (QED) is 0.626. The third-order valence-corrected chi connectivity index (χ3v) is 2.75. The minimum atomic E-state index is -3.05. The maximum absolute atomic E-state index is 12.5. The summed E-state index contributed by atoms with van der Waals surface area (Å²) in [5.74, 6) is -0.823. The molecule has 0 aliphatic heterocycles. The molecule has 2 aromatic rings. The van der Waals surface area contributed by atoms with Crippen LogP contribution in [0.15, 0.2) is 30.5 Å². The summed E-state index contributed by atoms with van der Waals surface area (Å²) in [6.45, 7) is -3.29. The second kappa shape index (κ2) is 6.85. The van der Waals surface area contributed by atoms with Crippen LogP contribution >= 0.6 is 0 Å². The lowest BCUT2D eigenvalue weighted by Gasteiger charge is -2.14. The first-order valence-corrected chi connectivity index (χ1v) is 6.15. The Balaban J connectivity index is 2.29. The normalized spacial score (nSPS) is 10.6. The number of aryl methyl sites for hydroxylation is 1. The number of hydrogen-bond acceptors (Lipinski definition) is 5. The number of carbonyl (C=O) groups is 1. The number of carbonyl (C=O) groups excluding carboxylic acids is 1. The number of hydrogen-bond donors (Lipinski definition) is 2. The number of alkyl halides is 2. The molecule has 118 valence electrons. The summed E-state index contributed by atoms with van der Waals surface area (Å²) in [6.07, 6.45) is 1.64. The summed E-state index contributed by atoms with van der Waals surface area (Å²) in [7, 11) is 1.69. The molecule has 7 nitrogen and oxygen atoms in total. The predicted molar refractivity (Wildman–Crippen MR) is 69.9 cm³/mol. The Morgan fingerprint density at radius 2 is 2.23 bits per heavy atom. The molecule has 9 heteroatoms. The van der Waals surface area contributed by atoms with Crippen molar-refractivity contribution in [3.63, 3.8) is 0 Å². The van der Waals surface area contributed by atoms with E-state index in [1.165, 1.54) is 28.4 Å². The highest BCUT2D eigenvalue weighted by Gasteiger charge is 2.18. The van der Waals surface area contributed by atoms with E-state index in [4.69, 9.17) is 9.94 Å². The molecule has 1 aromatic carbocycles. The Morgan fingerprint density at radius 1 is 1.45 bits per heavy atom. The van der Waals surface area contributed by atoms with E-state index >= 15 is 0 Å². The van der Waals surface area contributed by atoms with Gasteiger partial charge in [0.15, 0.2) is 0 Å². The average Bonchev–Trinajstić information content (AvgIpc) is 2.90. The highest BCUT2D eigenvalue weighted by molar-refractivity contribution is 5.95. The Labute approximate surface area is 124 Å². The van der Waals surface area contributed by atoms with Gasteiger partial charge >= 0.3 is 6.61 Å². The monoisotopic (exact) mass is 313 g/mol. The number of nitrogens with one attached hydrogen (secondary N) is 1. The number of nitrogens with zero attached hydrogens (tertiary/aromatic N) is 2. The molecule has 0 bridgehead atoms. The standard InChI is InChI=1S/C13H13F2N3O4/c1-18-6-5-11(16-18)21-7-9-8(12(19)17-20)3-2-4-10(9)22-13(14)15/h2-6,13,20H,7H2,1H3,(H,17,19). The largest absolute Gasteiger partial charge is 0.472 e. The zero-order valence-electron chi connectivity index (χ0n) is 11.5. The van der Waals surface area contributed by atoms with Crippen LogP contribution in [0, 0.1) is 0 Å². The van der Waals surface area contributed by atoms with E-state index < -0.39 is 12.5 Å². The lowest BCUT2D eigenvalue weighted by Crippen LogP contribution is -2.21. The van der Waals surface area contributed by atoms with Crippen LogP contribution in [0.5, 0.6) is 11.6 Å². The van der Waals surface area contributed by atoms with Gasteiger partial charge in [-0.25, -0.2) is 5.48 Å². The molecular weight excluding hydrogens is 300 g/mol. The second-order valence-corrected chi connectivity index (χ2v) is 4.22. The van der Waals surface area contributed by atoms with E-state index in [0.29, 0.717) is 0 Å². The van der Waals surface area contributed by atoms with Crippen LogP contribution in [-0.4, -0.2) is 27.5 Å². The Bertz CT molecular complexity index is 660. The highest BCUT2D eigenvalue weighted by atomic mass is 19.3. The number of amides is 1. The fourth-order valence-electron chi connectivity index (χ4n) is 1.81. The molecule has 2 rings (SSSR count). The molecular formula is C13H13F2N3O4. The van der Waals surface area contributed by atoms with Gasteiger partial charge < -0.3 is 9.47 Å². The smallest absolute Gasteiger partial charge is 0.387 e. The van der Waals surface area contributed by atoms with Crippen molar-refractivity contribution >= 4 is 5.91 Å². The Morgan fingerprint density at radius 3 is 2.82 bits per heavy atom. The summed E-state index contributed by atoms with van der Waals surface area (Å²) in [6, 6.07) is 5.55. The minimum absolute atomic E-state index is 0.0448. The summed E-state index contributed by atoms with van der Waals surface area (Å²) >= 11 is 0. The van der Waals surface area contributed by atoms with Crippen LogP contribution in [0.25, 0.3) is 0 Å². The third-order valence-electron chi connectivity index (χ3n) is 2.75. The molecule has 1 amide bonds. The van der Waals surface area contributed by atoms with Gasteiger partial charge in [0, 0.05) is 24.9 Å². The fourth-order valence-corrected chi connectivity index (χ4v) is 1.81. The lowest BCUT2D eigenvalue weighted by molar-refractivity contribution is -0.0509. The van der Waals surface area contributed by atoms with Gasteiger partial charge in [-0.1, -0.05) is 6.07 Å². The average molecular weight is 313 g/mol. The van der Waals surface area contributed by atoms with Crippen molar-refractivity contribution in [1.82, 2.24) is 15.3 Å². The summed E-state index contributed by atoms with van der Waals surface area (Å²) in [5.41, 5.74) is 1.47. The predicted octanol–water partition coefficient (Wildman–Crippen LogP) is 1.72. The second-order valence-electron chi connectivity index (χ2n) is 4.22. The zero-order chi connectivity index (χ0) is 16.1. The summed E-state index contributed by atoms with van der Waals surface area (Å²) < 4.78 is 36.1. The van der Waals surface area contributed by atoms with Gasteiger partial charge in [-0.05, 0) is 12.1 Å². The number of hydroxylamine groups is 1. The third kappa shape index (κ3) is 3.70. The molecule has 1 aromatic heterocycles. The van der Waals surface area contributed by atoms with E-state index in [1.54, 1.807) is 19.3 Å². The molecule has 0 saturated carbocycles. The first-order valence-electron chi connectivity index (χ1n) is 6.15. The van der Waals surface area contributed by atoms with Crippen molar-refractivity contribution in [1.29, 1.82) is 0 Å². The molecule has 0 unspecified atom stereocenters. The van der Waals surface area contributed by atoms with Crippen LogP contribution in [0.3, 0.4) is 0 Å². The number of rotatable bonds is 6. The van der Waals surface area contributed by atoms with Gasteiger partial charge in [-0.15, -0.1) is 5.10 Å². The van der Waals surface area contributed by atoms with Crippen molar-refractivity contribution < 1.29 is 28.3 Å². The van der Waals surface area contributed by atoms with Crippen molar-refractivity contribution in [3.05, 3.63) is 41.6 Å². The maximum atomic E-state index is 12.5. The number of halogens is 2. The number of ether oxygens (including phenoxy) is 2. The first-order chi connectivity index (χ1) is 10.5. The molecule has 0 atom stereocenters. The van der Waals surface area contributed by atoms with Crippen LogP contribution in [0.1, 0.15) is 15.9 Å². The van der Waals surface area contributed by atoms with Crippen molar-refractivity contribution in [2.45, 2.75) is 13.2 Å². The van der Waals surface area contributed by atoms with Crippen molar-refractivity contribution in [2.75, 3.05) is 0 Å². The van der Waals surface area contributed by atoms with E-state index in [-0.39, 0.29) is 29.4 Å². The van der Waals surface area contributed by atoms with Crippen molar-refractivity contribution in [2.24, 2.45) is 7.05 Å². The van der Waals surface area contributed by atoms with E-state index in [9.17, 15) is 13.6 Å². The van der Waals surface area contributed by atoms with Gasteiger partial charge in [-0.3, -0.25) is 14.7 Å². The van der Waals surface area contributed by atoms with Crippen molar-refractivity contribution in [3.8, 4) is 11.6 Å². The van der Waals surface area contributed by atoms with Gasteiger partial charge in [0.2, 0.25) is 5.88 Å². The van der Waals surface area contributed by atoms with Gasteiger partial charge in [0.25, 0.3) is 5.91 Å². The molecule has 2 N–H and O–H groups in total. The topological polar surface area (TPSA) is 85.6 Å². The van der Waals surface area contributed by atoms with Gasteiger partial charge in [-0.2, -0.15) is 8.78 Å². The van der Waals surface area contributed by atoms with Crippen LogP contribution in [0.4, 0.5) is 8.78 Å². The molecule has 0 aliphatic carbocycles. The summed E-state index contributed by atoms with van der Waals surface area (Å²) in [5, 5.41) is 12.7. The van der Waals surface area contributed by atoms with Gasteiger partial charge in [0.1, 0.15) is 12.4 Å². The van der Waals surface area contributed by atoms with Gasteiger partial charge in [0.05, 0.1) is 5.56 Å². The Hall–Kier alpha value is -2.68. The summed E-state index contributed by atoms with van der Waals surface area (Å²) in [4.78, 5) is 11.6. The van der Waals surface area contributed by atoms with E-state index in [0.717, 1.165) is 0 Å². The lowest BCUT2D eigenvalue weighted by atomic mass is 10.1. The fraction of sp³-hybridized carbons (Fsp3) is 0.231. The molecule has 1 heterocycles. The van der Waals surface area contributed by atoms with Crippen LogP contribution in [-0.2, 0) is 13.7 Å². The van der Waals surface area contributed by atoms with E-state index in [1.807, 2.05) is 0 Å². The Kier molecular flexibility index (Phi) is 4.89. The number of benzene rings is 1. The SMILES string of the molecule is Cn1ccc(OCc2c(OC(F)F)cccc2C(=O)NO)n1. The first kappa shape index (κ1) is 15.7. The number of aromatic nitrogens is 2. The highest BCUT2D eigenvalue weighted by Crippen LogP contribution is 2.26. The molecule has 0 radical (unpaired) electrons. The minimum Gasteiger partial charge on any atom is -0.472 e. The molecule has 22 heavy (non-hydrogen) atoms. The van der Waals surface area contributed by atoms with Crippen LogP contribution in [0.2, 0.25) is 0 Å². The van der Waals surface area contributed by atoms with Crippen LogP contribution < -0.4 is 15.0 Å². The molecule has 0 saturated heterocycles. The molecule has 0 fully saturated rings. The zero-order valence-corrected chi connectivity index (χ0v) is 11.5. The molecule has 0 spiro atoms. The maximum Gasteiger partial charge on any atom is 0.387 e. The molecule has 0 aliphatic rings.